The van der Waals surface area contributed by atoms with Crippen molar-refractivity contribution in [2.24, 2.45) is 5.92 Å². The molecule has 1 atom stereocenters. The zero-order chi connectivity index (χ0) is 15.3. The summed E-state index contributed by atoms with van der Waals surface area (Å²) in [6.45, 7) is 5.03. The molecule has 21 heavy (non-hydrogen) atoms. The van der Waals surface area contributed by atoms with E-state index in [0.717, 1.165) is 25.4 Å². The molecule has 122 valence electrons. The lowest BCUT2D eigenvalue weighted by molar-refractivity contribution is -0.148. The Morgan fingerprint density at radius 1 is 1.19 bits per heavy atom. The van der Waals surface area contributed by atoms with Crippen LogP contribution >= 0.6 is 0 Å². The van der Waals surface area contributed by atoms with Gasteiger partial charge in [-0.1, -0.05) is 6.92 Å². The van der Waals surface area contributed by atoms with Gasteiger partial charge in [0.05, 0.1) is 13.2 Å². The van der Waals surface area contributed by atoms with E-state index in [1.165, 1.54) is 45.6 Å². The molecule has 0 heterocycles. The summed E-state index contributed by atoms with van der Waals surface area (Å²) in [6, 6.07) is 0.495. The fourth-order valence-electron chi connectivity index (χ4n) is 3.21. The van der Waals surface area contributed by atoms with E-state index in [2.05, 4.69) is 12.2 Å². The molecule has 0 amide bonds. The number of hydrogen-bond acceptors (Lipinski definition) is 4. The van der Waals surface area contributed by atoms with Crippen LogP contribution in [0.15, 0.2) is 0 Å². The fourth-order valence-corrected chi connectivity index (χ4v) is 3.21. The maximum atomic E-state index is 12.0. The van der Waals surface area contributed by atoms with E-state index >= 15 is 0 Å². The zero-order valence-electron chi connectivity index (χ0n) is 13.8. The van der Waals surface area contributed by atoms with Gasteiger partial charge in [0.2, 0.25) is 0 Å². The van der Waals surface area contributed by atoms with E-state index in [9.17, 15) is 4.79 Å². The summed E-state index contributed by atoms with van der Waals surface area (Å²) in [5.74, 6) is 0.705. The number of nitrogens with one attached hydrogen (secondary N) is 1. The zero-order valence-corrected chi connectivity index (χ0v) is 13.8. The highest BCUT2D eigenvalue weighted by Gasteiger charge is 2.38. The first kappa shape index (κ1) is 16.8. The van der Waals surface area contributed by atoms with Crippen LogP contribution in [0, 0.1) is 5.92 Å². The molecule has 1 N–H and O–H groups in total. The Hall–Kier alpha value is -0.610. The SMILES string of the molecule is COC(=O)C(C)(CCCOC1CCC(C)CC1)NC1CC1. The maximum Gasteiger partial charge on any atom is 0.325 e. The number of carbonyl (C=O) groups excluding carboxylic acids is 1. The van der Waals surface area contributed by atoms with Crippen molar-refractivity contribution in [3.05, 3.63) is 0 Å². The molecule has 4 heteroatoms. The average molecular weight is 297 g/mol. The fraction of sp³-hybridized carbons (Fsp3) is 0.941. The third-order valence-electron chi connectivity index (χ3n) is 4.87. The van der Waals surface area contributed by atoms with E-state index in [4.69, 9.17) is 9.47 Å². The first-order valence-corrected chi connectivity index (χ1v) is 8.51. The molecule has 0 aromatic heterocycles. The predicted octanol–water partition coefficient (Wildman–Crippen LogP) is 3.05. The van der Waals surface area contributed by atoms with Crippen molar-refractivity contribution >= 4 is 5.97 Å². The van der Waals surface area contributed by atoms with Crippen LogP contribution in [0.25, 0.3) is 0 Å². The second-order valence-corrected chi connectivity index (χ2v) is 7.10. The summed E-state index contributed by atoms with van der Waals surface area (Å²) in [5.41, 5.74) is -0.555. The number of esters is 1. The molecule has 1 unspecified atom stereocenters. The van der Waals surface area contributed by atoms with Crippen LogP contribution in [-0.4, -0.2) is 37.4 Å². The van der Waals surface area contributed by atoms with Crippen LogP contribution < -0.4 is 5.32 Å². The van der Waals surface area contributed by atoms with Gasteiger partial charge in [0.15, 0.2) is 0 Å². The molecule has 0 aromatic carbocycles. The molecule has 0 bridgehead atoms. The summed E-state index contributed by atoms with van der Waals surface area (Å²) in [4.78, 5) is 12.0. The topological polar surface area (TPSA) is 47.6 Å². The van der Waals surface area contributed by atoms with Gasteiger partial charge in [0.1, 0.15) is 5.54 Å². The minimum absolute atomic E-state index is 0.152. The highest BCUT2D eigenvalue weighted by Crippen LogP contribution is 2.27. The van der Waals surface area contributed by atoms with E-state index < -0.39 is 5.54 Å². The van der Waals surface area contributed by atoms with Gasteiger partial charge in [0.25, 0.3) is 0 Å². The molecular formula is C17H31NO3. The Bertz CT molecular complexity index is 335. The number of methoxy groups -OCH3 is 1. The van der Waals surface area contributed by atoms with Gasteiger partial charge in [-0.05, 0) is 64.2 Å². The van der Waals surface area contributed by atoms with Crippen LogP contribution in [0.3, 0.4) is 0 Å². The number of carbonyl (C=O) groups is 1. The van der Waals surface area contributed by atoms with Crippen molar-refractivity contribution in [2.75, 3.05) is 13.7 Å². The van der Waals surface area contributed by atoms with Crippen molar-refractivity contribution in [2.45, 2.75) is 82.9 Å². The second-order valence-electron chi connectivity index (χ2n) is 7.10. The van der Waals surface area contributed by atoms with Crippen molar-refractivity contribution < 1.29 is 14.3 Å². The summed E-state index contributed by atoms with van der Waals surface area (Å²) < 4.78 is 10.9. The lowest BCUT2D eigenvalue weighted by Gasteiger charge is -2.29. The van der Waals surface area contributed by atoms with Crippen LogP contribution in [0.5, 0.6) is 0 Å². The number of hydrogen-bond donors (Lipinski definition) is 1. The smallest absolute Gasteiger partial charge is 0.325 e. The van der Waals surface area contributed by atoms with Crippen molar-refractivity contribution in [1.82, 2.24) is 5.32 Å². The quantitative estimate of drug-likeness (QED) is 0.552. The lowest BCUT2D eigenvalue weighted by Crippen LogP contribution is -2.51. The molecule has 2 aliphatic rings. The molecule has 0 aliphatic heterocycles. The van der Waals surface area contributed by atoms with Crippen molar-refractivity contribution in [1.29, 1.82) is 0 Å². The highest BCUT2D eigenvalue weighted by molar-refractivity contribution is 5.80. The largest absolute Gasteiger partial charge is 0.468 e. The Balaban J connectivity index is 1.68. The summed E-state index contributed by atoms with van der Waals surface area (Å²) in [5, 5.41) is 3.43. The standard InChI is InChI=1S/C17H31NO3/c1-13-5-9-15(10-6-13)21-12-4-11-17(2,16(19)20-3)18-14-7-8-14/h13-15,18H,4-12H2,1-3H3. The van der Waals surface area contributed by atoms with Crippen LogP contribution in [-0.2, 0) is 14.3 Å². The Morgan fingerprint density at radius 2 is 1.86 bits per heavy atom. The average Bonchev–Trinajstić information content (AvgIpc) is 3.28. The van der Waals surface area contributed by atoms with Crippen LogP contribution in [0.1, 0.15) is 65.2 Å². The van der Waals surface area contributed by atoms with Crippen LogP contribution in [0.4, 0.5) is 0 Å². The molecule has 0 saturated heterocycles. The summed E-state index contributed by atoms with van der Waals surface area (Å²) in [7, 11) is 1.47. The van der Waals surface area contributed by atoms with E-state index in [1.54, 1.807) is 0 Å². The van der Waals surface area contributed by atoms with Crippen molar-refractivity contribution in [3.63, 3.8) is 0 Å². The molecular weight excluding hydrogens is 266 g/mol. The summed E-state index contributed by atoms with van der Waals surface area (Å²) >= 11 is 0. The monoisotopic (exact) mass is 297 g/mol. The minimum Gasteiger partial charge on any atom is -0.468 e. The van der Waals surface area contributed by atoms with Gasteiger partial charge in [-0.2, -0.15) is 0 Å². The first-order valence-electron chi connectivity index (χ1n) is 8.51. The molecule has 4 nitrogen and oxygen atoms in total. The second kappa shape index (κ2) is 7.59. The molecule has 0 aromatic rings. The van der Waals surface area contributed by atoms with Gasteiger partial charge in [-0.25, -0.2) is 0 Å². The third-order valence-corrected chi connectivity index (χ3v) is 4.87. The Morgan fingerprint density at radius 3 is 2.43 bits per heavy atom. The highest BCUT2D eigenvalue weighted by atomic mass is 16.5. The third kappa shape index (κ3) is 5.26. The van der Waals surface area contributed by atoms with Gasteiger partial charge in [-0.15, -0.1) is 0 Å². The molecule has 2 aliphatic carbocycles. The molecule has 2 rings (SSSR count). The van der Waals surface area contributed by atoms with E-state index in [1.807, 2.05) is 6.92 Å². The maximum absolute atomic E-state index is 12.0. The minimum atomic E-state index is -0.555. The molecule has 0 radical (unpaired) electrons. The molecule has 2 fully saturated rings. The lowest BCUT2D eigenvalue weighted by atomic mass is 9.89. The number of ether oxygens (including phenoxy) is 2. The summed E-state index contributed by atoms with van der Waals surface area (Å²) in [6.07, 6.45) is 9.40. The van der Waals surface area contributed by atoms with Gasteiger partial charge in [0, 0.05) is 12.6 Å². The van der Waals surface area contributed by atoms with Gasteiger partial charge < -0.3 is 9.47 Å². The molecule has 0 spiro atoms. The Labute approximate surface area is 129 Å². The normalized spacial score (nSPS) is 28.9. The molecule has 2 saturated carbocycles. The van der Waals surface area contributed by atoms with Crippen molar-refractivity contribution in [3.8, 4) is 0 Å². The van der Waals surface area contributed by atoms with E-state index in [-0.39, 0.29) is 5.97 Å². The first-order chi connectivity index (χ1) is 10.0. The van der Waals surface area contributed by atoms with Gasteiger partial charge in [-0.3, -0.25) is 10.1 Å². The number of rotatable bonds is 8. The van der Waals surface area contributed by atoms with E-state index in [0.29, 0.717) is 12.1 Å². The van der Waals surface area contributed by atoms with Gasteiger partial charge >= 0.3 is 5.97 Å². The predicted molar refractivity (Wildman–Crippen MR) is 83.2 cm³/mol. The Kier molecular flexibility index (Phi) is 6.06. The van der Waals surface area contributed by atoms with Crippen LogP contribution in [0.2, 0.25) is 0 Å².